The van der Waals surface area contributed by atoms with Crippen LogP contribution in [0.5, 0.6) is 0 Å². The van der Waals surface area contributed by atoms with E-state index in [0.29, 0.717) is 16.8 Å². The molecule has 0 saturated carbocycles. The molecular weight excluding hydrogens is 293 g/mol. The predicted octanol–water partition coefficient (Wildman–Crippen LogP) is 2.42. The molecule has 3 rings (SSSR count). The van der Waals surface area contributed by atoms with Crippen molar-refractivity contribution < 1.29 is 9.13 Å². The Hall–Kier alpha value is -0.910. The minimum absolute atomic E-state index is 0.325. The molecule has 4 nitrogen and oxygen atoms in total. The third-order valence-electron chi connectivity index (χ3n) is 4.32. The highest BCUT2D eigenvalue weighted by Crippen LogP contribution is 2.25. The summed E-state index contributed by atoms with van der Waals surface area (Å²) in [6.07, 6.45) is 3.68. The second-order valence-electron chi connectivity index (χ2n) is 5.80. The molecule has 2 aliphatic heterocycles. The summed E-state index contributed by atoms with van der Waals surface area (Å²) in [6, 6.07) is 1.34. The number of halogens is 2. The number of morpholine rings is 1. The molecular formula is C15H21ClFN3O. The van der Waals surface area contributed by atoms with E-state index in [1.165, 1.54) is 12.3 Å². The summed E-state index contributed by atoms with van der Waals surface area (Å²) in [5, 5.41) is 0.346. The van der Waals surface area contributed by atoms with E-state index in [0.717, 1.165) is 58.8 Å². The van der Waals surface area contributed by atoms with E-state index in [-0.39, 0.29) is 5.82 Å². The number of rotatable bonds is 3. The molecule has 6 heteroatoms. The molecule has 0 amide bonds. The Morgan fingerprint density at radius 2 is 1.95 bits per heavy atom. The standard InChI is InChI=1S/C15H21ClFN3O/c16-13-9-14(17)15(18-10-13)20-3-1-12(2-4-20)11-19-5-7-21-8-6-19/h9-10,12H,1-8,11H2. The summed E-state index contributed by atoms with van der Waals surface area (Å²) in [4.78, 5) is 8.64. The smallest absolute Gasteiger partial charge is 0.167 e. The first kappa shape index (κ1) is 15.0. The van der Waals surface area contributed by atoms with Crippen LogP contribution in [-0.4, -0.2) is 55.8 Å². The summed E-state index contributed by atoms with van der Waals surface area (Å²) in [5.74, 6) is 0.799. The molecule has 0 atom stereocenters. The van der Waals surface area contributed by atoms with Crippen molar-refractivity contribution in [2.24, 2.45) is 5.92 Å². The maximum Gasteiger partial charge on any atom is 0.167 e. The molecule has 1 aromatic rings. The van der Waals surface area contributed by atoms with Crippen molar-refractivity contribution in [2.75, 3.05) is 50.8 Å². The number of anilines is 1. The number of aromatic nitrogens is 1. The van der Waals surface area contributed by atoms with Crippen molar-refractivity contribution in [2.45, 2.75) is 12.8 Å². The Labute approximate surface area is 129 Å². The number of hydrogen-bond acceptors (Lipinski definition) is 4. The van der Waals surface area contributed by atoms with Gasteiger partial charge in [0.2, 0.25) is 0 Å². The fraction of sp³-hybridized carbons (Fsp3) is 0.667. The fourth-order valence-electron chi connectivity index (χ4n) is 3.12. The largest absolute Gasteiger partial charge is 0.379 e. The first-order valence-electron chi connectivity index (χ1n) is 7.58. The Kier molecular flexibility index (Phi) is 4.93. The molecule has 0 bridgehead atoms. The van der Waals surface area contributed by atoms with Gasteiger partial charge in [0, 0.05) is 38.9 Å². The van der Waals surface area contributed by atoms with Gasteiger partial charge in [-0.15, -0.1) is 0 Å². The lowest BCUT2D eigenvalue weighted by atomic mass is 9.96. The van der Waals surface area contributed by atoms with Gasteiger partial charge >= 0.3 is 0 Å². The van der Waals surface area contributed by atoms with Crippen LogP contribution in [0.3, 0.4) is 0 Å². The number of piperidine rings is 1. The molecule has 21 heavy (non-hydrogen) atoms. The molecule has 2 fully saturated rings. The molecule has 2 aliphatic rings. The highest BCUT2D eigenvalue weighted by molar-refractivity contribution is 6.30. The Balaban J connectivity index is 1.52. The molecule has 3 heterocycles. The zero-order chi connectivity index (χ0) is 14.7. The third-order valence-corrected chi connectivity index (χ3v) is 4.53. The average Bonchev–Trinajstić information content (AvgIpc) is 2.49. The van der Waals surface area contributed by atoms with Crippen LogP contribution < -0.4 is 4.90 Å². The van der Waals surface area contributed by atoms with E-state index >= 15 is 0 Å². The van der Waals surface area contributed by atoms with Crippen LogP contribution in [0.1, 0.15) is 12.8 Å². The average molecular weight is 314 g/mol. The normalized spacial score (nSPS) is 21.7. The lowest BCUT2D eigenvalue weighted by Crippen LogP contribution is -2.43. The van der Waals surface area contributed by atoms with E-state index in [4.69, 9.17) is 16.3 Å². The Bertz CT molecular complexity index is 474. The molecule has 1 aromatic heterocycles. The molecule has 0 unspecified atom stereocenters. The molecule has 2 saturated heterocycles. The van der Waals surface area contributed by atoms with Crippen LogP contribution in [0.2, 0.25) is 5.02 Å². The third kappa shape index (κ3) is 3.84. The van der Waals surface area contributed by atoms with Gasteiger partial charge in [-0.2, -0.15) is 0 Å². The van der Waals surface area contributed by atoms with Crippen LogP contribution in [0, 0.1) is 11.7 Å². The Morgan fingerprint density at radius 1 is 1.24 bits per heavy atom. The predicted molar refractivity (Wildman–Crippen MR) is 81.4 cm³/mol. The number of ether oxygens (including phenoxy) is 1. The van der Waals surface area contributed by atoms with E-state index in [9.17, 15) is 4.39 Å². The maximum atomic E-state index is 13.9. The van der Waals surface area contributed by atoms with Crippen molar-refractivity contribution in [1.82, 2.24) is 9.88 Å². The van der Waals surface area contributed by atoms with Crippen molar-refractivity contribution in [3.8, 4) is 0 Å². The number of hydrogen-bond donors (Lipinski definition) is 0. The van der Waals surface area contributed by atoms with Gasteiger partial charge in [0.1, 0.15) is 0 Å². The monoisotopic (exact) mass is 313 g/mol. The van der Waals surface area contributed by atoms with Crippen molar-refractivity contribution in [1.29, 1.82) is 0 Å². The van der Waals surface area contributed by atoms with Gasteiger partial charge in [-0.3, -0.25) is 4.90 Å². The molecule has 0 aliphatic carbocycles. The van der Waals surface area contributed by atoms with E-state index in [1.807, 2.05) is 4.90 Å². The summed E-state index contributed by atoms with van der Waals surface area (Å²) in [5.41, 5.74) is 0. The highest BCUT2D eigenvalue weighted by atomic mass is 35.5. The SMILES string of the molecule is Fc1cc(Cl)cnc1N1CCC(CN2CCOCC2)CC1. The van der Waals surface area contributed by atoms with E-state index in [1.54, 1.807) is 0 Å². The molecule has 0 radical (unpaired) electrons. The zero-order valence-corrected chi connectivity index (χ0v) is 12.9. The van der Waals surface area contributed by atoms with Gasteiger partial charge in [0.15, 0.2) is 11.6 Å². The van der Waals surface area contributed by atoms with Gasteiger partial charge in [0.05, 0.1) is 18.2 Å². The van der Waals surface area contributed by atoms with Gasteiger partial charge < -0.3 is 9.64 Å². The van der Waals surface area contributed by atoms with Gasteiger partial charge in [0.25, 0.3) is 0 Å². The molecule has 116 valence electrons. The summed E-state index contributed by atoms with van der Waals surface area (Å²) in [6.45, 7) is 6.62. The summed E-state index contributed by atoms with van der Waals surface area (Å²) in [7, 11) is 0. The summed E-state index contributed by atoms with van der Waals surface area (Å²) >= 11 is 5.75. The molecule has 0 aromatic carbocycles. The molecule has 0 spiro atoms. The first-order valence-corrected chi connectivity index (χ1v) is 7.96. The minimum atomic E-state index is -0.325. The van der Waals surface area contributed by atoms with E-state index in [2.05, 4.69) is 9.88 Å². The fourth-order valence-corrected chi connectivity index (χ4v) is 3.26. The van der Waals surface area contributed by atoms with Crippen molar-refractivity contribution in [3.63, 3.8) is 0 Å². The van der Waals surface area contributed by atoms with Crippen LogP contribution >= 0.6 is 11.6 Å². The quantitative estimate of drug-likeness (QED) is 0.857. The van der Waals surface area contributed by atoms with Crippen molar-refractivity contribution >= 4 is 17.4 Å². The summed E-state index contributed by atoms with van der Waals surface area (Å²) < 4.78 is 19.3. The maximum absolute atomic E-state index is 13.9. The van der Waals surface area contributed by atoms with Gasteiger partial charge in [-0.25, -0.2) is 9.37 Å². The first-order chi connectivity index (χ1) is 10.2. The van der Waals surface area contributed by atoms with Gasteiger partial charge in [-0.1, -0.05) is 11.6 Å². The Morgan fingerprint density at radius 3 is 2.62 bits per heavy atom. The number of nitrogens with zero attached hydrogens (tertiary/aromatic N) is 3. The second-order valence-corrected chi connectivity index (χ2v) is 6.24. The lowest BCUT2D eigenvalue weighted by molar-refractivity contribution is 0.0289. The van der Waals surface area contributed by atoms with Crippen LogP contribution in [0.4, 0.5) is 10.2 Å². The van der Waals surface area contributed by atoms with Gasteiger partial charge in [-0.05, 0) is 24.8 Å². The van der Waals surface area contributed by atoms with Crippen LogP contribution in [0.25, 0.3) is 0 Å². The van der Waals surface area contributed by atoms with Crippen LogP contribution in [0.15, 0.2) is 12.3 Å². The van der Waals surface area contributed by atoms with E-state index < -0.39 is 0 Å². The second kappa shape index (κ2) is 6.90. The zero-order valence-electron chi connectivity index (χ0n) is 12.1. The highest BCUT2D eigenvalue weighted by Gasteiger charge is 2.24. The van der Waals surface area contributed by atoms with Crippen molar-refractivity contribution in [3.05, 3.63) is 23.1 Å². The molecule has 0 N–H and O–H groups in total. The lowest BCUT2D eigenvalue weighted by Gasteiger charge is -2.36. The van der Waals surface area contributed by atoms with Crippen LogP contribution in [-0.2, 0) is 4.74 Å². The topological polar surface area (TPSA) is 28.6 Å². The minimum Gasteiger partial charge on any atom is -0.379 e. The number of pyridine rings is 1.